The average molecular weight is 592 g/mol. The van der Waals surface area contributed by atoms with Gasteiger partial charge in [0, 0.05) is 29.4 Å². The van der Waals surface area contributed by atoms with E-state index in [9.17, 15) is 14.7 Å². The highest BCUT2D eigenvalue weighted by molar-refractivity contribution is 6.10. The number of rotatable bonds is 7. The molecule has 2 heterocycles. The number of amides is 1. The second-order valence-corrected chi connectivity index (χ2v) is 12.0. The number of anilines is 1. The Hall–Kier alpha value is -4.11. The maximum atomic E-state index is 15.6. The van der Waals surface area contributed by atoms with Crippen LogP contribution in [0.5, 0.6) is 17.2 Å². The summed E-state index contributed by atoms with van der Waals surface area (Å²) >= 11 is 0. The van der Waals surface area contributed by atoms with Gasteiger partial charge in [-0.2, -0.15) is 0 Å². The quantitative estimate of drug-likeness (QED) is 0.331. The van der Waals surface area contributed by atoms with Crippen molar-refractivity contribution in [3.8, 4) is 28.4 Å². The van der Waals surface area contributed by atoms with Crippen LogP contribution < -0.4 is 19.1 Å². The Morgan fingerprint density at radius 2 is 1.79 bits per heavy atom. The van der Waals surface area contributed by atoms with Gasteiger partial charge in [-0.1, -0.05) is 0 Å². The number of benzene rings is 3. The van der Waals surface area contributed by atoms with Crippen LogP contribution in [-0.2, 0) is 22.4 Å². The summed E-state index contributed by atoms with van der Waals surface area (Å²) in [4.78, 5) is 28.4. The van der Waals surface area contributed by atoms with Crippen LogP contribution in [-0.4, -0.2) is 50.0 Å². The second-order valence-electron chi connectivity index (χ2n) is 12.0. The number of hydrogen-bond donors (Lipinski definition) is 1. The average Bonchev–Trinajstić information content (AvgIpc) is 3.39. The first-order valence-electron chi connectivity index (χ1n) is 14.4. The first kappa shape index (κ1) is 30.4. The van der Waals surface area contributed by atoms with Crippen LogP contribution >= 0.6 is 0 Å². The third-order valence-electron chi connectivity index (χ3n) is 8.08. The highest BCUT2D eigenvalue weighted by Gasteiger charge is 2.37. The van der Waals surface area contributed by atoms with Crippen LogP contribution in [0.15, 0.2) is 30.3 Å². The molecule has 0 saturated carbocycles. The number of aliphatic carboxylic acids is 1. The van der Waals surface area contributed by atoms with E-state index in [1.54, 1.807) is 51.0 Å². The molecule has 0 saturated heterocycles. The van der Waals surface area contributed by atoms with Crippen molar-refractivity contribution in [1.82, 2.24) is 0 Å². The fourth-order valence-electron chi connectivity index (χ4n) is 6.18. The Balaban J connectivity index is 1.76. The molecule has 0 aromatic heterocycles. The molecule has 1 N–H and O–H groups in total. The van der Waals surface area contributed by atoms with Crippen LogP contribution in [0.1, 0.15) is 71.5 Å². The third kappa shape index (κ3) is 5.54. The largest absolute Gasteiger partial charge is 0.497 e. The predicted molar refractivity (Wildman–Crippen MR) is 161 cm³/mol. The van der Waals surface area contributed by atoms with E-state index >= 15 is 4.39 Å². The fraction of sp³-hybridized carbons (Fsp3) is 0.412. The number of ether oxygens (including phenoxy) is 4. The van der Waals surface area contributed by atoms with E-state index < -0.39 is 23.5 Å². The van der Waals surface area contributed by atoms with Gasteiger partial charge in [-0.05, 0) is 106 Å². The van der Waals surface area contributed by atoms with Gasteiger partial charge in [0.15, 0.2) is 17.7 Å². The zero-order valence-corrected chi connectivity index (χ0v) is 25.7. The molecule has 43 heavy (non-hydrogen) atoms. The van der Waals surface area contributed by atoms with Gasteiger partial charge in [-0.15, -0.1) is 0 Å². The second kappa shape index (κ2) is 11.5. The van der Waals surface area contributed by atoms with Gasteiger partial charge in [0.05, 0.1) is 32.0 Å². The standard InChI is InChI=1S/C34H38FNO7/c1-18-15-26-22(12-13-36(26)32(37)23-11-10-20(40-6)16-27(23)41-7)29(28(18)31(33(38)39)43-34(3,4)5)24-17-25(35)30-21(19(24)2)9-8-14-42-30/h10-11,15-17,31H,8-9,12-14H2,1-7H3,(H,38,39)/t31-/m0/s1. The minimum absolute atomic E-state index is 0.252. The summed E-state index contributed by atoms with van der Waals surface area (Å²) in [5, 5.41) is 10.4. The summed E-state index contributed by atoms with van der Waals surface area (Å²) in [6.07, 6.45) is 0.532. The van der Waals surface area contributed by atoms with Crippen LogP contribution in [0.25, 0.3) is 11.1 Å². The van der Waals surface area contributed by atoms with Crippen LogP contribution in [0.3, 0.4) is 0 Å². The number of aryl methyl sites for hydroxylation is 1. The maximum Gasteiger partial charge on any atom is 0.337 e. The Bertz CT molecular complexity index is 1610. The summed E-state index contributed by atoms with van der Waals surface area (Å²) < 4.78 is 38.3. The van der Waals surface area contributed by atoms with Crippen LogP contribution in [0.2, 0.25) is 0 Å². The third-order valence-corrected chi connectivity index (χ3v) is 8.08. The van der Waals surface area contributed by atoms with E-state index in [0.717, 1.165) is 23.1 Å². The summed E-state index contributed by atoms with van der Waals surface area (Å²) in [5.41, 5.74) is 4.86. The van der Waals surface area contributed by atoms with Gasteiger partial charge >= 0.3 is 5.97 Å². The normalized spacial score (nSPS) is 14.9. The highest BCUT2D eigenvalue weighted by Crippen LogP contribution is 2.48. The predicted octanol–water partition coefficient (Wildman–Crippen LogP) is 6.60. The Kier molecular flexibility index (Phi) is 8.13. The van der Waals surface area contributed by atoms with Crippen molar-refractivity contribution < 1.29 is 38.0 Å². The molecule has 2 aliphatic rings. The number of nitrogens with zero attached hydrogens (tertiary/aromatic N) is 1. The number of hydrogen-bond acceptors (Lipinski definition) is 6. The zero-order chi connectivity index (χ0) is 31.2. The number of carboxylic acids is 1. The molecular weight excluding hydrogens is 553 g/mol. The molecule has 2 aliphatic heterocycles. The van der Waals surface area contributed by atoms with Crippen molar-refractivity contribution in [2.24, 2.45) is 0 Å². The smallest absolute Gasteiger partial charge is 0.337 e. The van der Waals surface area contributed by atoms with E-state index in [2.05, 4.69) is 0 Å². The monoisotopic (exact) mass is 591 g/mol. The van der Waals surface area contributed by atoms with Gasteiger partial charge < -0.3 is 29.0 Å². The highest BCUT2D eigenvalue weighted by atomic mass is 19.1. The van der Waals surface area contributed by atoms with Crippen molar-refractivity contribution >= 4 is 17.6 Å². The van der Waals surface area contributed by atoms with Crippen LogP contribution in [0.4, 0.5) is 10.1 Å². The van der Waals surface area contributed by atoms with Gasteiger partial charge in [-0.3, -0.25) is 4.79 Å². The molecule has 9 heteroatoms. The number of methoxy groups -OCH3 is 2. The molecule has 3 aromatic carbocycles. The summed E-state index contributed by atoms with van der Waals surface area (Å²) in [7, 11) is 3.04. The van der Waals surface area contributed by atoms with Crippen LogP contribution in [0, 0.1) is 19.7 Å². The Morgan fingerprint density at radius 3 is 2.44 bits per heavy atom. The van der Waals surface area contributed by atoms with E-state index in [-0.39, 0.29) is 11.7 Å². The molecule has 0 bridgehead atoms. The van der Waals surface area contributed by atoms with E-state index in [1.807, 2.05) is 19.9 Å². The number of carbonyl (C=O) groups excluding carboxylic acids is 1. The Morgan fingerprint density at radius 1 is 1.05 bits per heavy atom. The molecule has 1 amide bonds. The molecule has 8 nitrogen and oxygen atoms in total. The SMILES string of the molecule is COc1ccc(C(=O)N2CCc3c2cc(C)c([C@H](OC(C)(C)C)C(=O)O)c3-c2cc(F)c3c(c2C)CCCO3)c(OC)c1. The molecule has 0 aliphatic carbocycles. The molecule has 0 spiro atoms. The summed E-state index contributed by atoms with van der Waals surface area (Å²) in [6, 6.07) is 8.30. The van der Waals surface area contributed by atoms with Gasteiger partial charge in [0.2, 0.25) is 0 Å². The number of carbonyl (C=O) groups is 2. The van der Waals surface area contributed by atoms with E-state index in [4.69, 9.17) is 18.9 Å². The first-order chi connectivity index (χ1) is 20.4. The molecule has 1 atom stereocenters. The lowest BCUT2D eigenvalue weighted by molar-refractivity contribution is -0.160. The number of halogens is 1. The molecule has 0 fully saturated rings. The van der Waals surface area contributed by atoms with Crippen molar-refractivity contribution in [2.75, 3.05) is 32.3 Å². The van der Waals surface area contributed by atoms with Gasteiger partial charge in [0.1, 0.15) is 11.5 Å². The molecule has 0 unspecified atom stereocenters. The molecular formula is C34H38FNO7. The minimum Gasteiger partial charge on any atom is -0.497 e. The lowest BCUT2D eigenvalue weighted by Gasteiger charge is -2.30. The fourth-order valence-corrected chi connectivity index (χ4v) is 6.18. The summed E-state index contributed by atoms with van der Waals surface area (Å²) in [6.45, 7) is 9.93. The number of carboxylic acid groups (broad SMARTS) is 1. The molecule has 5 rings (SSSR count). The maximum absolute atomic E-state index is 15.6. The van der Waals surface area contributed by atoms with Gasteiger partial charge in [-0.25, -0.2) is 9.18 Å². The van der Waals surface area contributed by atoms with Crippen molar-refractivity contribution in [2.45, 2.75) is 65.6 Å². The van der Waals surface area contributed by atoms with E-state index in [1.165, 1.54) is 13.2 Å². The number of fused-ring (bicyclic) bond motifs is 2. The van der Waals surface area contributed by atoms with E-state index in [0.29, 0.717) is 71.0 Å². The van der Waals surface area contributed by atoms with Crippen molar-refractivity contribution in [3.63, 3.8) is 0 Å². The molecule has 3 aromatic rings. The first-order valence-corrected chi connectivity index (χ1v) is 14.4. The lowest BCUT2D eigenvalue weighted by atomic mass is 9.83. The zero-order valence-electron chi connectivity index (χ0n) is 25.7. The minimum atomic E-state index is -1.32. The summed E-state index contributed by atoms with van der Waals surface area (Å²) in [5.74, 6) is -0.711. The lowest BCUT2D eigenvalue weighted by Crippen LogP contribution is -2.30. The topological polar surface area (TPSA) is 94.5 Å². The molecule has 0 radical (unpaired) electrons. The van der Waals surface area contributed by atoms with Crippen molar-refractivity contribution in [1.29, 1.82) is 0 Å². The molecule has 228 valence electrons. The van der Waals surface area contributed by atoms with Gasteiger partial charge in [0.25, 0.3) is 5.91 Å². The Labute approximate surface area is 251 Å². The van der Waals surface area contributed by atoms with Crippen molar-refractivity contribution in [3.05, 3.63) is 69.5 Å².